The first kappa shape index (κ1) is 17.2. The first-order valence-corrected chi connectivity index (χ1v) is 8.43. The van der Waals surface area contributed by atoms with Crippen molar-refractivity contribution >= 4 is 17.5 Å². The van der Waals surface area contributed by atoms with Crippen LogP contribution in [0.1, 0.15) is 38.6 Å². The Bertz CT molecular complexity index is 991. The zero-order valence-corrected chi connectivity index (χ0v) is 14.5. The van der Waals surface area contributed by atoms with Crippen LogP contribution in [0.3, 0.4) is 0 Å². The fourth-order valence-electron chi connectivity index (χ4n) is 3.63. The van der Waals surface area contributed by atoms with Crippen molar-refractivity contribution < 1.29 is 29.0 Å². The number of ketones is 2. The minimum absolute atomic E-state index is 0.151. The van der Waals surface area contributed by atoms with Crippen LogP contribution in [0.15, 0.2) is 65.9 Å². The van der Waals surface area contributed by atoms with Crippen molar-refractivity contribution in [3.63, 3.8) is 0 Å². The number of allylic oxidation sites excluding steroid dienone is 2. The summed E-state index contributed by atoms with van der Waals surface area (Å²) in [7, 11) is 1.12. The molecule has 0 spiro atoms. The lowest BCUT2D eigenvalue weighted by atomic mass is 9.75. The van der Waals surface area contributed by atoms with Gasteiger partial charge in [0.2, 0.25) is 5.78 Å². The van der Waals surface area contributed by atoms with Gasteiger partial charge in [-0.3, -0.25) is 9.59 Å². The minimum Gasteiger partial charge on any atom is -0.464 e. The Labute approximate surface area is 155 Å². The van der Waals surface area contributed by atoms with Crippen molar-refractivity contribution in [3.05, 3.63) is 82.6 Å². The van der Waals surface area contributed by atoms with E-state index < -0.39 is 23.5 Å². The van der Waals surface area contributed by atoms with Gasteiger partial charge >= 0.3 is 11.8 Å². The third-order valence-electron chi connectivity index (χ3n) is 4.92. The molecule has 2 aromatic carbocycles. The summed E-state index contributed by atoms with van der Waals surface area (Å²) in [6, 6.07) is 15.4. The lowest BCUT2D eigenvalue weighted by Gasteiger charge is -2.38. The van der Waals surface area contributed by atoms with E-state index >= 15 is 0 Å². The van der Waals surface area contributed by atoms with Crippen molar-refractivity contribution in [1.29, 1.82) is 0 Å². The van der Waals surface area contributed by atoms with Gasteiger partial charge in [0.05, 0.1) is 12.7 Å². The van der Waals surface area contributed by atoms with E-state index in [1.54, 1.807) is 42.5 Å². The van der Waals surface area contributed by atoms with E-state index in [2.05, 4.69) is 4.74 Å². The molecule has 2 aromatic rings. The Morgan fingerprint density at radius 2 is 1.63 bits per heavy atom. The predicted octanol–water partition coefficient (Wildman–Crippen LogP) is 2.39. The van der Waals surface area contributed by atoms with Gasteiger partial charge in [-0.1, -0.05) is 54.6 Å². The highest BCUT2D eigenvalue weighted by atomic mass is 16.7. The Morgan fingerprint density at radius 3 is 2.26 bits per heavy atom. The zero-order valence-electron chi connectivity index (χ0n) is 14.5. The van der Waals surface area contributed by atoms with E-state index in [0.717, 1.165) is 7.11 Å². The Kier molecular flexibility index (Phi) is 3.93. The van der Waals surface area contributed by atoms with Crippen molar-refractivity contribution in [2.45, 2.75) is 18.1 Å². The first-order chi connectivity index (χ1) is 13.0. The molecule has 0 saturated heterocycles. The van der Waals surface area contributed by atoms with Crippen molar-refractivity contribution in [2.75, 3.05) is 7.11 Å². The molecule has 0 bridgehead atoms. The molecule has 0 aromatic heterocycles. The number of aliphatic hydroxyl groups is 1. The van der Waals surface area contributed by atoms with Crippen molar-refractivity contribution in [2.24, 2.45) is 0 Å². The number of methoxy groups -OCH3 is 1. The number of fused-ring (bicyclic) bond motifs is 1. The minimum atomic E-state index is -2.35. The number of hydrogen-bond acceptors (Lipinski definition) is 6. The second kappa shape index (κ2) is 6.17. The van der Waals surface area contributed by atoms with E-state index in [1.807, 2.05) is 6.07 Å². The van der Waals surface area contributed by atoms with E-state index in [-0.39, 0.29) is 34.7 Å². The van der Waals surface area contributed by atoms with Crippen molar-refractivity contribution in [3.8, 4) is 0 Å². The fourth-order valence-corrected chi connectivity index (χ4v) is 3.63. The van der Waals surface area contributed by atoms with Gasteiger partial charge in [-0.15, -0.1) is 0 Å². The fraction of sp³-hybridized carbons (Fsp3) is 0.190. The van der Waals surface area contributed by atoms with Gasteiger partial charge in [0.25, 0.3) is 0 Å². The number of esters is 1. The van der Waals surface area contributed by atoms with Crippen LogP contribution in [0.25, 0.3) is 0 Å². The van der Waals surface area contributed by atoms with Crippen LogP contribution in [0.4, 0.5) is 0 Å². The highest BCUT2D eigenvalue weighted by Gasteiger charge is 2.53. The number of carbonyl (C=O) groups excluding carboxylic acids is 3. The largest absolute Gasteiger partial charge is 0.464 e. The summed E-state index contributed by atoms with van der Waals surface area (Å²) in [4.78, 5) is 38.3. The predicted molar refractivity (Wildman–Crippen MR) is 94.0 cm³/mol. The molecule has 1 unspecified atom stereocenters. The quantitative estimate of drug-likeness (QED) is 0.823. The van der Waals surface area contributed by atoms with Gasteiger partial charge in [0.15, 0.2) is 11.5 Å². The van der Waals surface area contributed by atoms with Crippen LogP contribution in [0.2, 0.25) is 0 Å². The topological polar surface area (TPSA) is 89.9 Å². The number of ether oxygens (including phenoxy) is 2. The van der Waals surface area contributed by atoms with Gasteiger partial charge < -0.3 is 14.6 Å². The molecule has 6 nitrogen and oxygen atoms in total. The highest BCUT2D eigenvalue weighted by Crippen LogP contribution is 2.45. The average Bonchev–Trinajstić information content (AvgIpc) is 2.71. The third-order valence-corrected chi connectivity index (χ3v) is 4.92. The summed E-state index contributed by atoms with van der Waals surface area (Å²) in [5.74, 6) is -5.25. The molecule has 2 atom stereocenters. The molecule has 2 aliphatic rings. The normalized spacial score (nSPS) is 24.0. The van der Waals surface area contributed by atoms with Gasteiger partial charge in [-0.2, -0.15) is 0 Å². The van der Waals surface area contributed by atoms with E-state index in [4.69, 9.17) is 4.74 Å². The maximum atomic E-state index is 13.1. The molecule has 6 heteroatoms. The summed E-state index contributed by atoms with van der Waals surface area (Å²) >= 11 is 0. The van der Waals surface area contributed by atoms with Crippen LogP contribution >= 0.6 is 0 Å². The van der Waals surface area contributed by atoms with E-state index in [1.165, 1.54) is 6.07 Å². The van der Waals surface area contributed by atoms with Crippen LogP contribution in [0.5, 0.6) is 0 Å². The molecular weight excluding hydrogens is 348 g/mol. The summed E-state index contributed by atoms with van der Waals surface area (Å²) in [6.45, 7) is 0. The van der Waals surface area contributed by atoms with Crippen LogP contribution in [-0.4, -0.2) is 35.5 Å². The average molecular weight is 364 g/mol. The van der Waals surface area contributed by atoms with E-state index in [9.17, 15) is 19.5 Å². The summed E-state index contributed by atoms with van der Waals surface area (Å²) in [6.07, 6.45) is -0.232. The number of Topliss-reactive ketones (excluding diaryl/α,β-unsaturated/α-hetero) is 2. The van der Waals surface area contributed by atoms with Gasteiger partial charge in [0, 0.05) is 23.5 Å². The van der Waals surface area contributed by atoms with Crippen LogP contribution in [-0.2, 0) is 14.3 Å². The number of benzene rings is 2. The molecule has 136 valence electrons. The number of hydrogen-bond donors (Lipinski definition) is 1. The lowest BCUT2D eigenvalue weighted by molar-refractivity contribution is -0.218. The van der Waals surface area contributed by atoms with Crippen LogP contribution < -0.4 is 0 Å². The highest BCUT2D eigenvalue weighted by molar-refractivity contribution is 6.27. The maximum Gasteiger partial charge on any atom is 0.379 e. The molecule has 1 N–H and O–H groups in total. The van der Waals surface area contributed by atoms with Gasteiger partial charge in [-0.25, -0.2) is 4.79 Å². The van der Waals surface area contributed by atoms with Gasteiger partial charge in [-0.05, 0) is 5.56 Å². The Balaban J connectivity index is 1.93. The second-order valence-corrected chi connectivity index (χ2v) is 6.49. The molecule has 1 aliphatic carbocycles. The summed E-state index contributed by atoms with van der Waals surface area (Å²) < 4.78 is 10.1. The Morgan fingerprint density at radius 1 is 1.04 bits per heavy atom. The van der Waals surface area contributed by atoms with Crippen molar-refractivity contribution in [1.82, 2.24) is 0 Å². The monoisotopic (exact) mass is 364 g/mol. The third kappa shape index (κ3) is 2.57. The zero-order chi connectivity index (χ0) is 19.2. The molecule has 0 fully saturated rings. The summed E-state index contributed by atoms with van der Waals surface area (Å²) in [5.41, 5.74) is 1.31. The molecule has 27 heavy (non-hydrogen) atoms. The number of carbonyl (C=O) groups is 3. The Hall–Kier alpha value is -3.25. The first-order valence-electron chi connectivity index (χ1n) is 8.43. The molecule has 1 aliphatic heterocycles. The van der Waals surface area contributed by atoms with E-state index in [0.29, 0.717) is 5.56 Å². The molecule has 0 amide bonds. The molecule has 0 radical (unpaired) electrons. The standard InChI is InChI=1S/C21H16O6/c1-26-20(24)21(25)11-15(12-7-3-2-4-8-12)16-17(22)13-9-5-6-10-14(13)18(23)19(16)27-21/h2-10,15,25H,11H2,1H3/t15-,21?/m1/s1. The molecular formula is C21H16O6. The SMILES string of the molecule is COC(=O)C1(O)C[C@H](c2ccccc2)C2=C(O1)C(=O)c1ccccc1C2=O. The lowest BCUT2D eigenvalue weighted by Crippen LogP contribution is -2.49. The number of rotatable bonds is 2. The maximum absolute atomic E-state index is 13.1. The molecule has 1 heterocycles. The van der Waals surface area contributed by atoms with Crippen LogP contribution in [0, 0.1) is 0 Å². The smallest absolute Gasteiger partial charge is 0.379 e. The van der Waals surface area contributed by atoms with Gasteiger partial charge in [0.1, 0.15) is 0 Å². The summed E-state index contributed by atoms with van der Waals surface area (Å²) in [5, 5.41) is 10.8. The second-order valence-electron chi connectivity index (χ2n) is 6.49. The molecule has 4 rings (SSSR count). The molecule has 0 saturated carbocycles.